The van der Waals surface area contributed by atoms with Crippen LogP contribution in [0.3, 0.4) is 0 Å². The first-order chi connectivity index (χ1) is 21.8. The first kappa shape index (κ1) is 30.7. The van der Waals surface area contributed by atoms with Crippen molar-refractivity contribution in [3.8, 4) is 5.75 Å². The lowest BCUT2D eigenvalue weighted by atomic mass is 9.93. The van der Waals surface area contributed by atoms with Gasteiger partial charge in [0.2, 0.25) is 0 Å². The molecule has 0 saturated carbocycles. The second-order valence-corrected chi connectivity index (χ2v) is 12.3. The molecule has 5 aromatic rings. The van der Waals surface area contributed by atoms with Crippen LogP contribution in [-0.2, 0) is 16.1 Å². The molecule has 1 atom stereocenters. The minimum Gasteiger partial charge on any atom is -0.488 e. The number of carbonyl (C=O) groups excluding carboxylic acids is 1. The van der Waals surface area contributed by atoms with Crippen molar-refractivity contribution >= 4 is 56.6 Å². The van der Waals surface area contributed by atoms with Crippen LogP contribution in [-0.4, -0.2) is 17.1 Å². The van der Waals surface area contributed by atoms with Gasteiger partial charge in [0.1, 0.15) is 18.2 Å². The predicted molar refractivity (Wildman–Crippen MR) is 177 cm³/mol. The van der Waals surface area contributed by atoms with E-state index >= 15 is 0 Å². The average Bonchev–Trinajstić information content (AvgIpc) is 3.35. The molecule has 226 valence electrons. The Labute approximate surface area is 275 Å². The Morgan fingerprint density at radius 1 is 1.04 bits per heavy atom. The Hall–Kier alpha value is -4.31. The van der Waals surface area contributed by atoms with Crippen molar-refractivity contribution in [3.63, 3.8) is 0 Å². The number of hydrogen-bond acceptors (Lipinski definition) is 6. The smallest absolute Gasteiger partial charge is 0.338 e. The monoisotopic (exact) mass is 702 g/mol. The van der Waals surface area contributed by atoms with Gasteiger partial charge in [-0.3, -0.25) is 9.36 Å². The molecule has 0 spiro atoms. The molecular weight excluding hydrogens is 679 g/mol. The molecule has 45 heavy (non-hydrogen) atoms. The summed E-state index contributed by atoms with van der Waals surface area (Å²) in [4.78, 5) is 32.8. The van der Waals surface area contributed by atoms with Gasteiger partial charge in [0.25, 0.3) is 5.56 Å². The fourth-order valence-electron chi connectivity index (χ4n) is 5.05. The number of fused-ring (bicyclic) bond motifs is 1. The Morgan fingerprint density at radius 3 is 2.49 bits per heavy atom. The molecule has 0 aliphatic carbocycles. The summed E-state index contributed by atoms with van der Waals surface area (Å²) in [6.07, 6.45) is 1.77. The van der Waals surface area contributed by atoms with Gasteiger partial charge in [-0.25, -0.2) is 14.2 Å². The van der Waals surface area contributed by atoms with E-state index in [0.29, 0.717) is 48.0 Å². The summed E-state index contributed by atoms with van der Waals surface area (Å²) in [6.45, 7) is 2.15. The van der Waals surface area contributed by atoms with E-state index in [4.69, 9.17) is 26.1 Å². The first-order valence-corrected chi connectivity index (χ1v) is 16.0. The predicted octanol–water partition coefficient (Wildman–Crippen LogP) is 7.07. The topological polar surface area (TPSA) is 69.9 Å². The maximum atomic E-state index is 14.1. The van der Waals surface area contributed by atoms with E-state index in [-0.39, 0.29) is 17.7 Å². The van der Waals surface area contributed by atoms with Gasteiger partial charge in [-0.1, -0.05) is 89.7 Å². The van der Waals surface area contributed by atoms with Gasteiger partial charge >= 0.3 is 5.97 Å². The molecule has 2 heterocycles. The highest BCUT2D eigenvalue weighted by atomic mass is 79.9. The molecule has 10 heteroatoms. The molecule has 0 amide bonds. The molecule has 0 saturated heterocycles. The maximum Gasteiger partial charge on any atom is 0.338 e. The van der Waals surface area contributed by atoms with Crippen LogP contribution in [0.5, 0.6) is 5.75 Å². The summed E-state index contributed by atoms with van der Waals surface area (Å²) in [5, 5.41) is 0.626. The van der Waals surface area contributed by atoms with Gasteiger partial charge in [0.15, 0.2) is 4.80 Å². The number of benzene rings is 4. The van der Waals surface area contributed by atoms with E-state index in [1.807, 2.05) is 72.8 Å². The van der Waals surface area contributed by atoms with Gasteiger partial charge in [-0.05, 0) is 70.4 Å². The van der Waals surface area contributed by atoms with Crippen molar-refractivity contribution in [3.05, 3.63) is 160 Å². The highest BCUT2D eigenvalue weighted by Gasteiger charge is 2.35. The molecule has 0 radical (unpaired) electrons. The van der Waals surface area contributed by atoms with Crippen LogP contribution in [0.25, 0.3) is 11.8 Å². The average molecular weight is 704 g/mol. The number of aromatic nitrogens is 1. The second kappa shape index (κ2) is 13.4. The van der Waals surface area contributed by atoms with Crippen LogP contribution in [0.4, 0.5) is 4.39 Å². The zero-order valence-electron chi connectivity index (χ0n) is 23.9. The van der Waals surface area contributed by atoms with Crippen molar-refractivity contribution in [2.45, 2.75) is 19.6 Å². The van der Waals surface area contributed by atoms with E-state index in [9.17, 15) is 14.0 Å². The van der Waals surface area contributed by atoms with Crippen LogP contribution in [0.15, 0.2) is 117 Å². The summed E-state index contributed by atoms with van der Waals surface area (Å²) in [5.41, 5.74) is 3.14. The van der Waals surface area contributed by atoms with Crippen LogP contribution in [0.2, 0.25) is 5.02 Å². The van der Waals surface area contributed by atoms with E-state index in [2.05, 4.69) is 15.9 Å². The first-order valence-electron chi connectivity index (χ1n) is 14.0. The van der Waals surface area contributed by atoms with Crippen molar-refractivity contribution in [2.24, 2.45) is 4.99 Å². The quantitative estimate of drug-likeness (QED) is 0.162. The fourth-order valence-corrected chi connectivity index (χ4v) is 6.75. The zero-order valence-corrected chi connectivity index (χ0v) is 27.0. The fraction of sp³-hybridized carbons (Fsp3) is 0.114. The summed E-state index contributed by atoms with van der Waals surface area (Å²) in [7, 11) is 0. The highest BCUT2D eigenvalue weighted by molar-refractivity contribution is 9.10. The van der Waals surface area contributed by atoms with Gasteiger partial charge in [-0.15, -0.1) is 0 Å². The van der Waals surface area contributed by atoms with Gasteiger partial charge < -0.3 is 9.47 Å². The lowest BCUT2D eigenvalue weighted by Crippen LogP contribution is -2.40. The third kappa shape index (κ3) is 6.42. The van der Waals surface area contributed by atoms with Crippen LogP contribution >= 0.6 is 38.9 Å². The van der Waals surface area contributed by atoms with Gasteiger partial charge in [0.05, 0.1) is 32.9 Å². The molecule has 0 N–H and O–H groups in total. The lowest BCUT2D eigenvalue weighted by Gasteiger charge is -2.25. The molecule has 0 bridgehead atoms. The number of ether oxygens (including phenoxy) is 2. The van der Waals surface area contributed by atoms with Gasteiger partial charge in [0, 0.05) is 16.1 Å². The third-order valence-corrected chi connectivity index (χ3v) is 9.13. The second-order valence-electron chi connectivity index (χ2n) is 10.1. The van der Waals surface area contributed by atoms with E-state index in [0.717, 1.165) is 11.1 Å². The molecule has 4 aromatic carbocycles. The molecule has 1 aliphatic rings. The number of carbonyl (C=O) groups is 1. The number of halogens is 3. The van der Waals surface area contributed by atoms with Crippen molar-refractivity contribution in [2.75, 3.05) is 6.61 Å². The molecule has 0 fully saturated rings. The number of hydrogen-bond donors (Lipinski definition) is 0. The summed E-state index contributed by atoms with van der Waals surface area (Å²) in [6, 6.07) is 27.1. The largest absolute Gasteiger partial charge is 0.488 e. The molecule has 0 unspecified atom stereocenters. The third-order valence-electron chi connectivity index (χ3n) is 7.15. The number of nitrogens with zero attached hydrogens (tertiary/aromatic N) is 2. The molecule has 6 rings (SSSR count). The Kier molecular flexibility index (Phi) is 9.11. The summed E-state index contributed by atoms with van der Waals surface area (Å²) in [5.74, 6) is -0.405. The Balaban J connectivity index is 1.46. The van der Waals surface area contributed by atoms with E-state index < -0.39 is 17.8 Å². The Morgan fingerprint density at radius 2 is 1.78 bits per heavy atom. The molecule has 1 aliphatic heterocycles. The zero-order chi connectivity index (χ0) is 31.5. The van der Waals surface area contributed by atoms with Crippen LogP contribution in [0.1, 0.15) is 35.2 Å². The van der Waals surface area contributed by atoms with Crippen molar-refractivity contribution in [1.82, 2.24) is 4.57 Å². The van der Waals surface area contributed by atoms with Gasteiger partial charge in [-0.2, -0.15) is 0 Å². The summed E-state index contributed by atoms with van der Waals surface area (Å²) < 4.78 is 28.0. The highest BCUT2D eigenvalue weighted by Crippen LogP contribution is 2.35. The minimum atomic E-state index is -0.884. The molecular formula is C35H25BrClFN2O4S. The van der Waals surface area contributed by atoms with Crippen LogP contribution < -0.4 is 19.6 Å². The van der Waals surface area contributed by atoms with Crippen molar-refractivity contribution in [1.29, 1.82) is 0 Å². The normalized spacial score (nSPS) is 14.6. The van der Waals surface area contributed by atoms with Crippen LogP contribution in [0, 0.1) is 5.82 Å². The van der Waals surface area contributed by atoms with E-state index in [1.54, 1.807) is 25.1 Å². The van der Waals surface area contributed by atoms with E-state index in [1.165, 1.54) is 28.0 Å². The number of thiazole rings is 1. The maximum absolute atomic E-state index is 14.1. The lowest BCUT2D eigenvalue weighted by molar-refractivity contribution is -0.138. The number of rotatable bonds is 8. The summed E-state index contributed by atoms with van der Waals surface area (Å²) >= 11 is 11.1. The SMILES string of the molecule is CCOC(=O)C1=C(c2ccccc2)N=c2s/c(=C/c3ccc(OCc4ccccc4Cl)c(Br)c3)c(=O)n2[C@H]1c1ccc(F)cc1. The minimum absolute atomic E-state index is 0.137. The molecule has 1 aromatic heterocycles. The standard InChI is InChI=1S/C35H25BrClFN2O4S/c1-2-43-34(42)30-31(22-8-4-3-5-9-22)39-35-40(32(30)23-13-15-25(38)16-14-23)33(41)29(45-35)19-21-12-17-28(26(36)18-21)44-20-24-10-6-7-11-27(24)37/h3-19,32H,2,20H2,1H3/b29-19+/t32-/m0/s1. The van der Waals surface area contributed by atoms with Crippen molar-refractivity contribution < 1.29 is 18.7 Å². The molecule has 6 nitrogen and oxygen atoms in total. The Bertz CT molecular complexity index is 2110. The number of esters is 1.